The largest absolute Gasteiger partial charge is 0.207 e. The quantitative estimate of drug-likeness (QED) is 0.662. The average molecular weight is 186 g/mol. The van der Waals surface area contributed by atoms with Crippen LogP contribution in [0.5, 0.6) is 0 Å². The van der Waals surface area contributed by atoms with Gasteiger partial charge in [0.25, 0.3) is 0 Å². The van der Waals surface area contributed by atoms with Crippen molar-refractivity contribution < 1.29 is 13.2 Å². The molecule has 0 amide bonds. The smallest absolute Gasteiger partial charge is 0.136 e. The third kappa shape index (κ3) is 2.34. The van der Waals surface area contributed by atoms with E-state index in [1.54, 1.807) is 6.08 Å². The summed E-state index contributed by atoms with van der Waals surface area (Å²) in [5.74, 6) is -2.65. The van der Waals surface area contributed by atoms with Crippen LogP contribution in [-0.4, -0.2) is 0 Å². The van der Waals surface area contributed by atoms with E-state index in [-0.39, 0.29) is 5.56 Å². The highest BCUT2D eigenvalue weighted by Gasteiger charge is 2.07. The van der Waals surface area contributed by atoms with Gasteiger partial charge in [-0.15, -0.1) is 0 Å². The lowest BCUT2D eigenvalue weighted by molar-refractivity contribution is 0.540. The molecule has 0 radical (unpaired) electrons. The fourth-order valence-corrected chi connectivity index (χ4v) is 0.948. The molecule has 1 rings (SSSR count). The summed E-state index contributed by atoms with van der Waals surface area (Å²) in [6.07, 6.45) is 3.60. The fraction of sp³-hybridized carbons (Fsp3) is 0.200. The summed E-state index contributed by atoms with van der Waals surface area (Å²) >= 11 is 0. The van der Waals surface area contributed by atoms with Crippen molar-refractivity contribution in [3.63, 3.8) is 0 Å². The summed E-state index contributed by atoms with van der Waals surface area (Å²) in [6.45, 7) is 1.84. The van der Waals surface area contributed by atoms with E-state index in [4.69, 9.17) is 0 Å². The molecule has 0 fully saturated rings. The second kappa shape index (κ2) is 4.12. The van der Waals surface area contributed by atoms with Crippen LogP contribution in [0.4, 0.5) is 13.2 Å². The minimum Gasteiger partial charge on any atom is -0.207 e. The SMILES string of the molecule is CC/C=C/c1c(F)cc(F)cc1F. The average Bonchev–Trinajstić information content (AvgIpc) is 2.02. The molecule has 0 heterocycles. The van der Waals surface area contributed by atoms with Crippen LogP contribution < -0.4 is 0 Å². The summed E-state index contributed by atoms with van der Waals surface area (Å²) in [5.41, 5.74) is -0.191. The van der Waals surface area contributed by atoms with Crippen molar-refractivity contribution in [1.82, 2.24) is 0 Å². The molecule has 1 aromatic carbocycles. The van der Waals surface area contributed by atoms with Crippen LogP contribution in [0.3, 0.4) is 0 Å². The van der Waals surface area contributed by atoms with Crippen molar-refractivity contribution in [3.8, 4) is 0 Å². The van der Waals surface area contributed by atoms with Crippen molar-refractivity contribution in [2.75, 3.05) is 0 Å². The maximum atomic E-state index is 12.9. The number of halogens is 3. The van der Waals surface area contributed by atoms with E-state index in [1.807, 2.05) is 6.92 Å². The first-order valence-corrected chi connectivity index (χ1v) is 3.96. The summed E-state index contributed by atoms with van der Waals surface area (Å²) in [7, 11) is 0. The molecule has 0 saturated heterocycles. The van der Waals surface area contributed by atoms with Crippen LogP contribution in [0.25, 0.3) is 6.08 Å². The van der Waals surface area contributed by atoms with Crippen molar-refractivity contribution in [3.05, 3.63) is 41.2 Å². The van der Waals surface area contributed by atoms with Crippen LogP contribution in [0.1, 0.15) is 18.9 Å². The standard InChI is InChI=1S/C10H9F3/c1-2-3-4-8-9(12)5-7(11)6-10(8)13/h3-6H,2H2,1H3/b4-3+. The lowest BCUT2D eigenvalue weighted by Gasteiger charge is -1.98. The summed E-state index contributed by atoms with van der Waals surface area (Å²) in [6, 6.07) is 1.33. The van der Waals surface area contributed by atoms with Crippen LogP contribution in [0.2, 0.25) is 0 Å². The van der Waals surface area contributed by atoms with Crippen LogP contribution in [0.15, 0.2) is 18.2 Å². The Morgan fingerprint density at radius 2 is 1.69 bits per heavy atom. The second-order valence-corrected chi connectivity index (χ2v) is 2.59. The van der Waals surface area contributed by atoms with Gasteiger partial charge < -0.3 is 0 Å². The van der Waals surface area contributed by atoms with Crippen LogP contribution in [0, 0.1) is 17.5 Å². The minimum atomic E-state index is -0.899. The molecule has 70 valence electrons. The van der Waals surface area contributed by atoms with Gasteiger partial charge in [0.2, 0.25) is 0 Å². The number of benzene rings is 1. The predicted octanol–water partition coefficient (Wildman–Crippen LogP) is 3.53. The third-order valence-corrected chi connectivity index (χ3v) is 1.56. The first-order chi connectivity index (χ1) is 6.15. The lowest BCUT2D eigenvalue weighted by atomic mass is 10.1. The van der Waals surface area contributed by atoms with Gasteiger partial charge in [-0.1, -0.05) is 19.1 Å². The lowest BCUT2D eigenvalue weighted by Crippen LogP contribution is -1.90. The third-order valence-electron chi connectivity index (χ3n) is 1.56. The number of rotatable bonds is 2. The molecule has 13 heavy (non-hydrogen) atoms. The molecule has 0 atom stereocenters. The molecule has 0 N–H and O–H groups in total. The molecule has 3 heteroatoms. The molecule has 0 aliphatic heterocycles. The molecule has 1 aromatic rings. The van der Waals surface area contributed by atoms with Gasteiger partial charge >= 0.3 is 0 Å². The monoisotopic (exact) mass is 186 g/mol. The van der Waals surface area contributed by atoms with Gasteiger partial charge in [0, 0.05) is 17.7 Å². The number of allylic oxidation sites excluding steroid dienone is 1. The van der Waals surface area contributed by atoms with E-state index in [1.165, 1.54) is 6.08 Å². The minimum absolute atomic E-state index is 0.191. The summed E-state index contributed by atoms with van der Waals surface area (Å²) < 4.78 is 38.2. The zero-order valence-electron chi connectivity index (χ0n) is 7.15. The number of hydrogen-bond acceptors (Lipinski definition) is 0. The van der Waals surface area contributed by atoms with Gasteiger partial charge in [0.05, 0.1) is 0 Å². The Morgan fingerprint density at radius 1 is 1.15 bits per heavy atom. The van der Waals surface area contributed by atoms with Gasteiger partial charge in [0.15, 0.2) is 0 Å². The molecule has 0 saturated carbocycles. The zero-order valence-corrected chi connectivity index (χ0v) is 7.15. The molecule has 0 spiro atoms. The Labute approximate surface area is 74.7 Å². The van der Waals surface area contributed by atoms with E-state index in [2.05, 4.69) is 0 Å². The highest BCUT2D eigenvalue weighted by molar-refractivity contribution is 5.50. The summed E-state index contributed by atoms with van der Waals surface area (Å²) in [5, 5.41) is 0. The van der Waals surface area contributed by atoms with Crippen molar-refractivity contribution >= 4 is 6.08 Å². The van der Waals surface area contributed by atoms with E-state index >= 15 is 0 Å². The Bertz CT molecular complexity index is 306. The van der Waals surface area contributed by atoms with Gasteiger partial charge in [-0.2, -0.15) is 0 Å². The van der Waals surface area contributed by atoms with Crippen molar-refractivity contribution in [1.29, 1.82) is 0 Å². The molecule has 0 aliphatic rings. The maximum Gasteiger partial charge on any atom is 0.136 e. The molecule has 0 bridgehead atoms. The van der Waals surface area contributed by atoms with E-state index in [0.717, 1.165) is 0 Å². The van der Waals surface area contributed by atoms with Crippen LogP contribution in [-0.2, 0) is 0 Å². The van der Waals surface area contributed by atoms with Gasteiger partial charge in [0.1, 0.15) is 17.5 Å². The van der Waals surface area contributed by atoms with Gasteiger partial charge in [-0.25, -0.2) is 13.2 Å². The Hall–Kier alpha value is -1.25. The maximum absolute atomic E-state index is 12.9. The Balaban J connectivity index is 3.13. The van der Waals surface area contributed by atoms with Crippen molar-refractivity contribution in [2.45, 2.75) is 13.3 Å². The van der Waals surface area contributed by atoms with Gasteiger partial charge in [-0.3, -0.25) is 0 Å². The highest BCUT2D eigenvalue weighted by atomic mass is 19.1. The fourth-order valence-electron chi connectivity index (χ4n) is 0.948. The molecule has 0 aromatic heterocycles. The molecule has 0 nitrogen and oxygen atoms in total. The first-order valence-electron chi connectivity index (χ1n) is 3.96. The highest BCUT2D eigenvalue weighted by Crippen LogP contribution is 2.16. The Kier molecular flexibility index (Phi) is 3.12. The van der Waals surface area contributed by atoms with E-state index in [9.17, 15) is 13.2 Å². The summed E-state index contributed by atoms with van der Waals surface area (Å²) in [4.78, 5) is 0. The molecular weight excluding hydrogens is 177 g/mol. The first kappa shape index (κ1) is 9.84. The molecular formula is C10H9F3. The van der Waals surface area contributed by atoms with E-state index in [0.29, 0.717) is 18.6 Å². The molecule has 0 unspecified atom stereocenters. The van der Waals surface area contributed by atoms with E-state index < -0.39 is 17.5 Å². The second-order valence-electron chi connectivity index (χ2n) is 2.59. The predicted molar refractivity (Wildman–Crippen MR) is 45.6 cm³/mol. The van der Waals surface area contributed by atoms with Crippen LogP contribution >= 0.6 is 0 Å². The van der Waals surface area contributed by atoms with Crippen molar-refractivity contribution in [2.24, 2.45) is 0 Å². The van der Waals surface area contributed by atoms with Gasteiger partial charge in [-0.05, 0) is 6.42 Å². The topological polar surface area (TPSA) is 0 Å². The Morgan fingerprint density at radius 3 is 2.15 bits per heavy atom. The number of hydrogen-bond donors (Lipinski definition) is 0. The molecule has 0 aliphatic carbocycles. The normalized spacial score (nSPS) is 11.1. The zero-order chi connectivity index (χ0) is 9.84.